The Morgan fingerprint density at radius 3 is 2.59 bits per heavy atom. The molecule has 0 saturated carbocycles. The Bertz CT molecular complexity index is 1280. The fraction of sp³-hybridized carbons (Fsp3) is 0.565. The molecule has 0 aliphatic carbocycles. The first-order valence-electron chi connectivity index (χ1n) is 12.2. The number of nitrogens with one attached hydrogen (secondary N) is 1. The summed E-state index contributed by atoms with van der Waals surface area (Å²) < 4.78 is 90.1. The van der Waals surface area contributed by atoms with Crippen molar-refractivity contribution in [3.63, 3.8) is 0 Å². The maximum absolute atomic E-state index is 13.4. The SMILES string of the molecule is O=C(CCOCC1CCN1c1cn[nH]c(=O)c1C(F)(F)F)N1CCN2c3ncc(C(F)(F)F)cc3OC[C@@H]2C1. The molecule has 1 N–H and O–H groups in total. The highest BCUT2D eigenvalue weighted by Crippen LogP contribution is 2.39. The maximum atomic E-state index is 13.4. The number of aromatic amines is 1. The number of carbonyl (C=O) groups excluding carboxylic acids is 1. The minimum atomic E-state index is -4.84. The Morgan fingerprint density at radius 2 is 1.90 bits per heavy atom. The van der Waals surface area contributed by atoms with Crippen LogP contribution in [0.15, 0.2) is 23.3 Å². The van der Waals surface area contributed by atoms with Crippen molar-refractivity contribution in [2.24, 2.45) is 0 Å². The van der Waals surface area contributed by atoms with E-state index in [-0.39, 0.29) is 49.6 Å². The molecule has 0 spiro atoms. The van der Waals surface area contributed by atoms with Gasteiger partial charge < -0.3 is 24.2 Å². The molecule has 16 heteroatoms. The van der Waals surface area contributed by atoms with Gasteiger partial charge in [-0.25, -0.2) is 10.1 Å². The summed E-state index contributed by atoms with van der Waals surface area (Å²) >= 11 is 0. The van der Waals surface area contributed by atoms with Gasteiger partial charge in [0.05, 0.1) is 49.2 Å². The van der Waals surface area contributed by atoms with Crippen molar-refractivity contribution in [1.82, 2.24) is 20.1 Å². The molecule has 1 amide bonds. The fourth-order valence-corrected chi connectivity index (χ4v) is 4.95. The molecule has 0 bridgehead atoms. The predicted molar refractivity (Wildman–Crippen MR) is 123 cm³/mol. The molecule has 5 rings (SSSR count). The lowest BCUT2D eigenvalue weighted by atomic mass is 10.0. The van der Waals surface area contributed by atoms with Crippen molar-refractivity contribution in [2.75, 3.05) is 55.8 Å². The monoisotopic (exact) mass is 562 g/mol. The standard InChI is InChI=1S/C23H24F6N6O4/c24-22(25,26)13-7-17-20(30-8-13)35-5-4-33(10-15(35)12-39-17)18(36)2-6-38-11-14-1-3-34(14)16-9-31-32-21(37)19(16)23(27,28)29/h7-9,14-15H,1-6,10-12H2,(H,32,37)/t14?,15-/m0/s1. The van der Waals surface area contributed by atoms with Gasteiger partial charge in [0, 0.05) is 32.4 Å². The van der Waals surface area contributed by atoms with Gasteiger partial charge in [-0.15, -0.1) is 0 Å². The number of hydrogen-bond acceptors (Lipinski definition) is 8. The van der Waals surface area contributed by atoms with Gasteiger partial charge in [0.25, 0.3) is 5.56 Å². The smallest absolute Gasteiger partial charge is 0.423 e. The molecule has 0 radical (unpaired) electrons. The minimum Gasteiger partial charge on any atom is -0.487 e. The Kier molecular flexibility index (Phi) is 7.07. The van der Waals surface area contributed by atoms with Gasteiger partial charge in [0.2, 0.25) is 5.91 Å². The van der Waals surface area contributed by atoms with Crippen molar-refractivity contribution in [3.8, 4) is 5.75 Å². The zero-order valence-corrected chi connectivity index (χ0v) is 20.4. The highest BCUT2D eigenvalue weighted by atomic mass is 19.4. The van der Waals surface area contributed by atoms with E-state index in [2.05, 4.69) is 10.1 Å². The van der Waals surface area contributed by atoms with Crippen LogP contribution in [0, 0.1) is 0 Å². The molecule has 3 aliphatic rings. The van der Waals surface area contributed by atoms with Crippen molar-refractivity contribution in [1.29, 1.82) is 0 Å². The van der Waals surface area contributed by atoms with E-state index >= 15 is 0 Å². The third-order valence-electron chi connectivity index (χ3n) is 7.04. The predicted octanol–water partition coefficient (Wildman–Crippen LogP) is 2.30. The average Bonchev–Trinajstić information content (AvgIpc) is 2.85. The van der Waals surface area contributed by atoms with Gasteiger partial charge in [-0.2, -0.15) is 31.4 Å². The van der Waals surface area contributed by atoms with Crippen LogP contribution >= 0.6 is 0 Å². The number of H-pyrrole nitrogens is 1. The second-order valence-corrected chi connectivity index (χ2v) is 9.46. The molecule has 1 unspecified atom stereocenters. The number of piperazine rings is 1. The third kappa shape index (κ3) is 5.46. The lowest BCUT2D eigenvalue weighted by molar-refractivity contribution is -0.139. The number of halogens is 6. The lowest BCUT2D eigenvalue weighted by Gasteiger charge is -2.45. The molecular weight excluding hydrogens is 538 g/mol. The first-order chi connectivity index (χ1) is 18.4. The summed E-state index contributed by atoms with van der Waals surface area (Å²) in [5.41, 5.74) is -3.82. The van der Waals surface area contributed by atoms with E-state index in [0.717, 1.165) is 18.5 Å². The van der Waals surface area contributed by atoms with Crippen LogP contribution in [0.3, 0.4) is 0 Å². The molecule has 5 heterocycles. The van der Waals surface area contributed by atoms with Gasteiger partial charge in [0.1, 0.15) is 12.2 Å². The quantitative estimate of drug-likeness (QED) is 0.423. The summed E-state index contributed by atoms with van der Waals surface area (Å²) in [7, 11) is 0. The molecule has 2 fully saturated rings. The number of anilines is 2. The number of hydrogen-bond donors (Lipinski definition) is 1. The number of nitrogens with zero attached hydrogens (tertiary/aromatic N) is 5. The Hall–Kier alpha value is -3.56. The van der Waals surface area contributed by atoms with Crippen LogP contribution in [0.2, 0.25) is 0 Å². The number of fused-ring (bicyclic) bond motifs is 3. The van der Waals surface area contributed by atoms with Gasteiger partial charge in [-0.05, 0) is 12.5 Å². The van der Waals surface area contributed by atoms with E-state index in [1.807, 2.05) is 10.00 Å². The maximum Gasteiger partial charge on any atom is 0.423 e. The van der Waals surface area contributed by atoms with Gasteiger partial charge in [0.15, 0.2) is 11.6 Å². The van der Waals surface area contributed by atoms with E-state index < -0.39 is 35.1 Å². The van der Waals surface area contributed by atoms with Crippen molar-refractivity contribution >= 4 is 17.4 Å². The van der Waals surface area contributed by atoms with Gasteiger partial charge in [-0.3, -0.25) is 9.59 Å². The van der Waals surface area contributed by atoms with Crippen LogP contribution < -0.4 is 20.1 Å². The Balaban J connectivity index is 1.10. The molecule has 2 aromatic rings. The van der Waals surface area contributed by atoms with Crippen LogP contribution in [0.1, 0.15) is 24.0 Å². The third-order valence-corrected chi connectivity index (χ3v) is 7.04. The molecule has 0 aromatic carbocycles. The first-order valence-corrected chi connectivity index (χ1v) is 12.2. The number of amides is 1. The largest absolute Gasteiger partial charge is 0.487 e. The summed E-state index contributed by atoms with van der Waals surface area (Å²) in [6, 6.07) is 0.264. The molecule has 39 heavy (non-hydrogen) atoms. The van der Waals surface area contributed by atoms with E-state index in [9.17, 15) is 35.9 Å². The Labute approximate surface area is 217 Å². The molecule has 2 aromatic heterocycles. The van der Waals surface area contributed by atoms with E-state index in [1.54, 1.807) is 4.90 Å². The van der Waals surface area contributed by atoms with Gasteiger partial charge >= 0.3 is 12.4 Å². The van der Waals surface area contributed by atoms with Crippen LogP contribution in [-0.4, -0.2) is 84.1 Å². The zero-order chi connectivity index (χ0) is 27.9. The molecular formula is C23H24F6N6O4. The van der Waals surface area contributed by atoms with E-state index in [0.29, 0.717) is 38.4 Å². The van der Waals surface area contributed by atoms with Crippen molar-refractivity contribution < 1.29 is 40.6 Å². The van der Waals surface area contributed by atoms with Crippen LogP contribution in [0.25, 0.3) is 0 Å². The normalized spacial score (nSPS) is 21.1. The van der Waals surface area contributed by atoms with Crippen LogP contribution in [0.5, 0.6) is 5.75 Å². The highest BCUT2D eigenvalue weighted by Gasteiger charge is 2.42. The van der Waals surface area contributed by atoms with E-state index in [4.69, 9.17) is 9.47 Å². The first kappa shape index (κ1) is 27.0. The number of alkyl halides is 6. The number of ether oxygens (including phenoxy) is 2. The van der Waals surface area contributed by atoms with E-state index in [1.165, 1.54) is 4.90 Å². The number of rotatable bonds is 6. The fourth-order valence-electron chi connectivity index (χ4n) is 4.95. The minimum absolute atomic E-state index is 0.0461. The summed E-state index contributed by atoms with van der Waals surface area (Å²) in [5.74, 6) is 0.172. The van der Waals surface area contributed by atoms with Gasteiger partial charge in [-0.1, -0.05) is 0 Å². The average molecular weight is 562 g/mol. The molecule has 10 nitrogen and oxygen atoms in total. The van der Waals surface area contributed by atoms with Crippen molar-refractivity contribution in [3.05, 3.63) is 39.9 Å². The number of pyridine rings is 1. The second kappa shape index (κ2) is 10.2. The zero-order valence-electron chi connectivity index (χ0n) is 20.4. The summed E-state index contributed by atoms with van der Waals surface area (Å²) in [6.45, 7) is 1.54. The van der Waals surface area contributed by atoms with Crippen LogP contribution in [0.4, 0.5) is 37.8 Å². The number of carbonyl (C=O) groups is 1. The molecule has 212 valence electrons. The number of aromatic nitrogens is 3. The molecule has 3 aliphatic heterocycles. The second-order valence-electron chi connectivity index (χ2n) is 9.46. The van der Waals surface area contributed by atoms with Crippen LogP contribution in [-0.2, 0) is 21.9 Å². The summed E-state index contributed by atoms with van der Waals surface area (Å²) in [5, 5.41) is 5.30. The molecule has 2 atom stereocenters. The summed E-state index contributed by atoms with van der Waals surface area (Å²) in [4.78, 5) is 33.3. The van der Waals surface area contributed by atoms with Crippen molar-refractivity contribution in [2.45, 2.75) is 37.3 Å². The summed E-state index contributed by atoms with van der Waals surface area (Å²) in [6.07, 6.45) is -7.03. The Morgan fingerprint density at radius 1 is 1.10 bits per heavy atom. The lowest BCUT2D eigenvalue weighted by Crippen LogP contribution is -2.58. The topological polar surface area (TPSA) is 104 Å². The molecule has 2 saturated heterocycles. The highest BCUT2D eigenvalue weighted by molar-refractivity contribution is 5.77.